The Morgan fingerprint density at radius 1 is 1.03 bits per heavy atom. The monoisotopic (exact) mass is 466 g/mol. The van der Waals surface area contributed by atoms with E-state index in [0.29, 0.717) is 48.0 Å². The van der Waals surface area contributed by atoms with Gasteiger partial charge in [0.05, 0.1) is 6.20 Å². The highest BCUT2D eigenvalue weighted by Crippen LogP contribution is 2.16. The van der Waals surface area contributed by atoms with Gasteiger partial charge in [-0.3, -0.25) is 19.1 Å². The molecule has 0 bridgehead atoms. The Labute approximate surface area is 195 Å². The first-order valence-electron chi connectivity index (χ1n) is 11.8. The fraction of sp³-hybridized carbons (Fsp3) is 0.478. The number of aromatic nitrogens is 7. The molecule has 0 aromatic carbocycles. The second-order valence-electron chi connectivity index (χ2n) is 8.30. The summed E-state index contributed by atoms with van der Waals surface area (Å²) >= 11 is 0. The molecule has 0 radical (unpaired) electrons. The summed E-state index contributed by atoms with van der Waals surface area (Å²) in [5.41, 5.74) is 0.538. The predicted octanol–water partition coefficient (Wildman–Crippen LogP) is 2.49. The van der Waals surface area contributed by atoms with Gasteiger partial charge < -0.3 is 9.88 Å². The summed E-state index contributed by atoms with van der Waals surface area (Å²) in [6.45, 7) is 5.24. The standard InChI is InChI=1S/C23H30N8O3/c1-3-5-7-15-29-17(27-21-20(29)22(33)28-23(34)30(21)14-6-4-2)8-9-19(32)26-18-10-12-24-16-11-13-25-31(16)18/h10-13H,3-9,14-15H2,1-2H3,(H,26,32)(H,28,33,34). The molecule has 0 saturated carbocycles. The molecule has 0 unspecified atom stereocenters. The van der Waals surface area contributed by atoms with Crippen LogP contribution in [0, 0.1) is 0 Å². The molecule has 34 heavy (non-hydrogen) atoms. The van der Waals surface area contributed by atoms with E-state index < -0.39 is 11.2 Å². The molecule has 0 aliphatic rings. The molecule has 0 aliphatic carbocycles. The van der Waals surface area contributed by atoms with E-state index in [9.17, 15) is 14.4 Å². The van der Waals surface area contributed by atoms with Crippen molar-refractivity contribution < 1.29 is 4.79 Å². The third kappa shape index (κ3) is 4.78. The number of aryl methyl sites for hydroxylation is 3. The number of amides is 1. The van der Waals surface area contributed by atoms with E-state index in [2.05, 4.69) is 32.3 Å². The Bertz CT molecular complexity index is 1410. The van der Waals surface area contributed by atoms with Gasteiger partial charge in [-0.05, 0) is 18.9 Å². The molecule has 2 N–H and O–H groups in total. The van der Waals surface area contributed by atoms with Crippen LogP contribution in [0.1, 0.15) is 58.2 Å². The Hall–Kier alpha value is -3.76. The second-order valence-corrected chi connectivity index (χ2v) is 8.30. The quantitative estimate of drug-likeness (QED) is 0.326. The van der Waals surface area contributed by atoms with E-state index in [1.807, 2.05) is 11.5 Å². The van der Waals surface area contributed by atoms with E-state index in [4.69, 9.17) is 0 Å². The molecule has 0 spiro atoms. The first-order chi connectivity index (χ1) is 16.5. The topological polar surface area (TPSA) is 132 Å². The second kappa shape index (κ2) is 10.4. The number of hydrogen-bond donors (Lipinski definition) is 2. The van der Waals surface area contributed by atoms with Crippen LogP contribution in [0.3, 0.4) is 0 Å². The van der Waals surface area contributed by atoms with Crippen molar-refractivity contribution in [3.63, 3.8) is 0 Å². The van der Waals surface area contributed by atoms with Crippen LogP contribution in [0.5, 0.6) is 0 Å². The number of nitrogens with one attached hydrogen (secondary N) is 2. The summed E-state index contributed by atoms with van der Waals surface area (Å²) in [6, 6.07) is 3.44. The van der Waals surface area contributed by atoms with E-state index in [0.717, 1.165) is 32.1 Å². The average molecular weight is 467 g/mol. The molecule has 11 nitrogen and oxygen atoms in total. The number of anilines is 1. The smallest absolute Gasteiger partial charge is 0.322 e. The fourth-order valence-electron chi connectivity index (χ4n) is 4.05. The number of carbonyl (C=O) groups excluding carboxylic acids is 1. The molecular weight excluding hydrogens is 436 g/mol. The summed E-state index contributed by atoms with van der Waals surface area (Å²) in [4.78, 5) is 49.3. The fourth-order valence-corrected chi connectivity index (χ4v) is 4.05. The molecule has 0 atom stereocenters. The lowest BCUT2D eigenvalue weighted by molar-refractivity contribution is -0.116. The zero-order chi connectivity index (χ0) is 24.1. The Morgan fingerprint density at radius 2 is 1.82 bits per heavy atom. The molecule has 4 rings (SSSR count). The Kier molecular flexibility index (Phi) is 7.19. The number of imidazole rings is 1. The third-order valence-corrected chi connectivity index (χ3v) is 5.82. The molecule has 1 amide bonds. The largest absolute Gasteiger partial charge is 0.330 e. The minimum atomic E-state index is -0.450. The molecule has 0 aliphatic heterocycles. The summed E-state index contributed by atoms with van der Waals surface area (Å²) in [5, 5.41) is 7.05. The highest BCUT2D eigenvalue weighted by molar-refractivity contribution is 5.90. The maximum absolute atomic E-state index is 12.7. The first kappa shape index (κ1) is 23.4. The van der Waals surface area contributed by atoms with Crippen LogP contribution in [0.2, 0.25) is 0 Å². The molecular formula is C23H30N8O3. The van der Waals surface area contributed by atoms with Gasteiger partial charge in [0.25, 0.3) is 5.56 Å². The van der Waals surface area contributed by atoms with Gasteiger partial charge >= 0.3 is 5.69 Å². The van der Waals surface area contributed by atoms with E-state index in [1.54, 1.807) is 29.0 Å². The maximum atomic E-state index is 12.7. The summed E-state index contributed by atoms with van der Waals surface area (Å²) in [7, 11) is 0. The van der Waals surface area contributed by atoms with E-state index >= 15 is 0 Å². The van der Waals surface area contributed by atoms with E-state index in [-0.39, 0.29) is 12.3 Å². The minimum Gasteiger partial charge on any atom is -0.322 e. The van der Waals surface area contributed by atoms with Crippen LogP contribution >= 0.6 is 0 Å². The zero-order valence-corrected chi connectivity index (χ0v) is 19.6. The van der Waals surface area contributed by atoms with Gasteiger partial charge in [-0.25, -0.2) is 14.8 Å². The molecule has 0 fully saturated rings. The average Bonchev–Trinajstić information content (AvgIpc) is 3.44. The van der Waals surface area contributed by atoms with Gasteiger partial charge in [-0.15, -0.1) is 0 Å². The van der Waals surface area contributed by atoms with Crippen LogP contribution < -0.4 is 16.6 Å². The molecule has 180 valence electrons. The number of H-pyrrole nitrogens is 1. The molecule has 0 saturated heterocycles. The van der Waals surface area contributed by atoms with Crippen molar-refractivity contribution in [1.29, 1.82) is 0 Å². The lowest BCUT2D eigenvalue weighted by Gasteiger charge is -2.10. The Morgan fingerprint density at radius 3 is 2.62 bits per heavy atom. The molecule has 4 aromatic rings. The van der Waals surface area contributed by atoms with Crippen LogP contribution in [-0.2, 0) is 24.3 Å². The Balaban J connectivity index is 1.62. The first-order valence-corrected chi connectivity index (χ1v) is 11.8. The maximum Gasteiger partial charge on any atom is 0.330 e. The highest BCUT2D eigenvalue weighted by atomic mass is 16.2. The van der Waals surface area contributed by atoms with Crippen LogP contribution in [0.25, 0.3) is 16.8 Å². The lowest BCUT2D eigenvalue weighted by atomic mass is 10.2. The summed E-state index contributed by atoms with van der Waals surface area (Å²) in [5.74, 6) is 0.954. The van der Waals surface area contributed by atoms with Crippen molar-refractivity contribution >= 4 is 28.5 Å². The minimum absolute atomic E-state index is 0.166. The van der Waals surface area contributed by atoms with Gasteiger partial charge in [0, 0.05) is 38.2 Å². The van der Waals surface area contributed by atoms with Crippen molar-refractivity contribution in [3.8, 4) is 0 Å². The van der Waals surface area contributed by atoms with Gasteiger partial charge in [-0.2, -0.15) is 9.61 Å². The predicted molar refractivity (Wildman–Crippen MR) is 129 cm³/mol. The molecule has 4 heterocycles. The highest BCUT2D eigenvalue weighted by Gasteiger charge is 2.19. The summed E-state index contributed by atoms with van der Waals surface area (Å²) in [6.07, 6.45) is 8.37. The number of carbonyl (C=O) groups is 1. The zero-order valence-electron chi connectivity index (χ0n) is 19.6. The van der Waals surface area contributed by atoms with Crippen LogP contribution in [0.4, 0.5) is 5.82 Å². The normalized spacial score (nSPS) is 11.5. The number of hydrogen-bond acceptors (Lipinski definition) is 6. The number of aromatic amines is 1. The number of rotatable bonds is 11. The van der Waals surface area contributed by atoms with Crippen LogP contribution in [-0.4, -0.2) is 39.6 Å². The SMILES string of the molecule is CCCCCn1c(CCC(=O)Nc2ccnc3ccnn23)nc2c1c(=O)[nH]c(=O)n2CCCC. The number of unbranched alkanes of at least 4 members (excludes halogenated alkanes) is 3. The molecule has 4 aromatic heterocycles. The van der Waals surface area contributed by atoms with Gasteiger partial charge in [0.2, 0.25) is 5.91 Å². The van der Waals surface area contributed by atoms with Crippen LogP contribution in [0.15, 0.2) is 34.1 Å². The van der Waals surface area contributed by atoms with Crippen molar-refractivity contribution in [2.75, 3.05) is 5.32 Å². The van der Waals surface area contributed by atoms with Gasteiger partial charge in [0.15, 0.2) is 16.8 Å². The number of fused-ring (bicyclic) bond motifs is 2. The van der Waals surface area contributed by atoms with Crippen molar-refractivity contribution in [3.05, 3.63) is 51.2 Å². The van der Waals surface area contributed by atoms with Crippen molar-refractivity contribution in [2.24, 2.45) is 0 Å². The molecule has 11 heteroatoms. The van der Waals surface area contributed by atoms with Crippen molar-refractivity contribution in [1.82, 2.24) is 33.7 Å². The van der Waals surface area contributed by atoms with E-state index in [1.165, 1.54) is 4.57 Å². The van der Waals surface area contributed by atoms with Gasteiger partial charge in [0.1, 0.15) is 11.6 Å². The van der Waals surface area contributed by atoms with Crippen molar-refractivity contribution in [2.45, 2.75) is 71.9 Å². The number of nitrogens with zero attached hydrogens (tertiary/aromatic N) is 6. The lowest BCUT2D eigenvalue weighted by Crippen LogP contribution is -2.31. The third-order valence-electron chi connectivity index (χ3n) is 5.82. The summed E-state index contributed by atoms with van der Waals surface area (Å²) < 4.78 is 4.96. The van der Waals surface area contributed by atoms with Gasteiger partial charge in [-0.1, -0.05) is 33.1 Å².